The molecule has 0 bridgehead atoms. The minimum atomic E-state index is -1.21. The highest BCUT2D eigenvalue weighted by Crippen LogP contribution is 2.24. The van der Waals surface area contributed by atoms with E-state index in [9.17, 15) is 38.4 Å². The lowest BCUT2D eigenvalue weighted by molar-refractivity contribution is -0.169. The fourth-order valence-electron chi connectivity index (χ4n) is 10.5. The second-order valence-corrected chi connectivity index (χ2v) is 24.6. The maximum Gasteiger partial charge on any atom is 0.324 e. The van der Waals surface area contributed by atoms with Crippen molar-refractivity contribution in [2.45, 2.75) is 195 Å². The van der Waals surface area contributed by atoms with Crippen LogP contribution in [-0.4, -0.2) is 224 Å². The highest BCUT2D eigenvalue weighted by Gasteiger charge is 2.43. The van der Waals surface area contributed by atoms with Crippen molar-refractivity contribution < 1.29 is 57.4 Å². The lowest BCUT2D eigenvalue weighted by Crippen LogP contribution is -2.61. The number of nitrogens with zero attached hydrogens (tertiary/aromatic N) is 7. The molecule has 1 aromatic carbocycles. The Morgan fingerprint density at radius 3 is 1.75 bits per heavy atom. The monoisotopic (exact) mass is 1170 g/mol. The van der Waals surface area contributed by atoms with E-state index in [4.69, 9.17) is 9.47 Å². The number of rotatable bonds is 20. The van der Waals surface area contributed by atoms with Crippen molar-refractivity contribution in [2.24, 2.45) is 29.6 Å². The molecule has 0 saturated carbocycles. The van der Waals surface area contributed by atoms with Crippen LogP contribution < -0.4 is 20.7 Å². The minimum Gasteiger partial charge on any atom is -0.497 e. The van der Waals surface area contributed by atoms with Crippen LogP contribution in [0.3, 0.4) is 0 Å². The van der Waals surface area contributed by atoms with Crippen LogP contribution in [0.5, 0.6) is 5.75 Å². The Kier molecular flexibility index (Phi) is 29.2. The molecule has 22 nitrogen and oxygen atoms in total. The fraction of sp³-hybridized carbons (Fsp3) is 0.738. The first-order valence-electron chi connectivity index (χ1n) is 29.5. The molecule has 1 aliphatic heterocycles. The Labute approximate surface area is 495 Å². The summed E-state index contributed by atoms with van der Waals surface area (Å²) in [5.74, 6) is -6.43. The Balaban J connectivity index is 2.75. The zero-order chi connectivity index (χ0) is 63.7. The van der Waals surface area contributed by atoms with Gasteiger partial charge in [-0.05, 0) is 114 Å². The number of benzene rings is 1. The minimum absolute atomic E-state index is 0.0586. The number of amides is 9. The molecule has 11 atom stereocenters. The number of likely N-dealkylation sites (N-methyl/N-ethyl adjacent to an activating group) is 7. The summed E-state index contributed by atoms with van der Waals surface area (Å²) in [5, 5.41) is 8.47. The molecule has 0 aliphatic carbocycles. The number of nitrogens with one attached hydrogen (secondary N) is 3. The van der Waals surface area contributed by atoms with Crippen LogP contribution >= 0.6 is 0 Å². The van der Waals surface area contributed by atoms with E-state index in [1.54, 1.807) is 71.1 Å². The third-order valence-corrected chi connectivity index (χ3v) is 16.1. The summed E-state index contributed by atoms with van der Waals surface area (Å²) in [6.07, 6.45) is 0.397. The number of esters is 1. The molecule has 470 valence electrons. The van der Waals surface area contributed by atoms with Crippen LogP contribution in [0.1, 0.15) is 134 Å². The average Bonchev–Trinajstić information content (AvgIpc) is 3.57. The largest absolute Gasteiger partial charge is 0.497 e. The predicted molar refractivity (Wildman–Crippen MR) is 319 cm³/mol. The highest BCUT2D eigenvalue weighted by molar-refractivity contribution is 5.98. The first-order valence-corrected chi connectivity index (χ1v) is 29.5. The number of hydrogen-bond acceptors (Lipinski definition) is 13. The zero-order valence-electron chi connectivity index (χ0n) is 54.2. The SMILES string of the molecule is CC[C@H](C)[C@H]1C(=O)N[C@@H](C)C(=O)N[C@@H](CC(C)C)C(=O)N[C@@H](Cc2ccc(OC)cc2)C(=O)N(C)CCCC[C@H](N(C)C(=O)[C@H](CC(C)C)N(C)C(=O)[C@H](C)N(C)C(=O)[C@H](OC(=O)[C@H](C(C)C)N(C)C)C(C)C)C(=O)N(C)[C@@H](C)C(=O)N1C. The second-order valence-electron chi connectivity index (χ2n) is 24.6. The number of ether oxygens (including phenoxy) is 2. The van der Waals surface area contributed by atoms with Gasteiger partial charge in [-0.1, -0.05) is 87.8 Å². The van der Waals surface area contributed by atoms with Crippen molar-refractivity contribution >= 4 is 59.1 Å². The van der Waals surface area contributed by atoms with Crippen molar-refractivity contribution in [2.75, 3.05) is 70.0 Å². The Bertz CT molecular complexity index is 2360. The Morgan fingerprint density at radius 1 is 0.663 bits per heavy atom. The van der Waals surface area contributed by atoms with E-state index in [0.717, 1.165) is 5.56 Å². The van der Waals surface area contributed by atoms with E-state index >= 15 is 9.59 Å². The molecular weight excluding hydrogens is 1060 g/mol. The molecule has 22 heteroatoms. The molecule has 83 heavy (non-hydrogen) atoms. The first-order chi connectivity index (χ1) is 38.5. The van der Waals surface area contributed by atoms with E-state index in [0.29, 0.717) is 18.6 Å². The van der Waals surface area contributed by atoms with Gasteiger partial charge < -0.3 is 54.8 Å². The normalized spacial score (nSPS) is 22.5. The molecular formula is C61H104N10O12. The third-order valence-electron chi connectivity index (χ3n) is 16.1. The second kappa shape index (κ2) is 33.2. The standard InChI is InChI=1S/C61H104N10O12/c1-23-39(10)50-54(74)62-40(11)52(72)63-45(32-35(2)3)53(73)64-46(34-43-27-29-44(82-22)30-28-43)57(77)66(16)31-25-24-26-47(58(78)67(17)42(13)56(76)71(50)21)69(19)59(79)48(33-36(4)5)70(20)55(75)41(12)68(18)60(80)51(38(8)9)83-61(81)49(37(6)7)65(14)15/h27-30,35-42,45-51H,23-26,31-34H2,1-22H3,(H,62,74)(H,63,72)(H,64,73)/t39-,40-,41-,42-,45-,46-,47-,48-,49-,50-,51+/m0/s1. The molecule has 0 spiro atoms. The quantitative estimate of drug-likeness (QED) is 0.157. The molecule has 1 heterocycles. The van der Waals surface area contributed by atoms with Crippen molar-refractivity contribution in [3.63, 3.8) is 0 Å². The molecule has 3 N–H and O–H groups in total. The van der Waals surface area contributed by atoms with Crippen LogP contribution in [0, 0.1) is 29.6 Å². The van der Waals surface area contributed by atoms with Gasteiger partial charge in [0.1, 0.15) is 60.1 Å². The maximum absolute atomic E-state index is 15.2. The van der Waals surface area contributed by atoms with Gasteiger partial charge in [0.05, 0.1) is 7.11 Å². The molecule has 2 rings (SSSR count). The summed E-state index contributed by atoms with van der Waals surface area (Å²) in [7, 11) is 14.0. The predicted octanol–water partition coefficient (Wildman–Crippen LogP) is 3.82. The van der Waals surface area contributed by atoms with Gasteiger partial charge in [0.2, 0.25) is 47.3 Å². The van der Waals surface area contributed by atoms with Gasteiger partial charge in [0.15, 0.2) is 6.10 Å². The van der Waals surface area contributed by atoms with E-state index in [2.05, 4.69) is 16.0 Å². The van der Waals surface area contributed by atoms with Gasteiger partial charge >= 0.3 is 5.97 Å². The van der Waals surface area contributed by atoms with E-state index in [1.165, 1.54) is 92.5 Å². The van der Waals surface area contributed by atoms with Crippen LogP contribution in [0.4, 0.5) is 0 Å². The fourth-order valence-corrected chi connectivity index (χ4v) is 10.5. The van der Waals surface area contributed by atoms with E-state index in [1.807, 2.05) is 48.5 Å². The zero-order valence-corrected chi connectivity index (χ0v) is 54.2. The Hall–Kier alpha value is -6.32. The van der Waals surface area contributed by atoms with E-state index < -0.39 is 131 Å². The third kappa shape index (κ3) is 20.2. The summed E-state index contributed by atoms with van der Waals surface area (Å²) < 4.78 is 11.2. The summed E-state index contributed by atoms with van der Waals surface area (Å²) >= 11 is 0. The van der Waals surface area contributed by atoms with Gasteiger partial charge in [-0.2, -0.15) is 0 Å². The number of methoxy groups -OCH3 is 1. The van der Waals surface area contributed by atoms with E-state index in [-0.39, 0.29) is 56.4 Å². The Morgan fingerprint density at radius 2 is 1.24 bits per heavy atom. The summed E-state index contributed by atoms with van der Waals surface area (Å²) in [5.41, 5.74) is 0.725. The van der Waals surface area contributed by atoms with Crippen molar-refractivity contribution in [1.29, 1.82) is 0 Å². The molecule has 1 aliphatic rings. The smallest absolute Gasteiger partial charge is 0.324 e. The topological polar surface area (TPSA) is 248 Å². The summed E-state index contributed by atoms with van der Waals surface area (Å²) in [4.78, 5) is 154. The van der Waals surface area contributed by atoms with Crippen LogP contribution in [0.2, 0.25) is 0 Å². The van der Waals surface area contributed by atoms with Crippen LogP contribution in [0.15, 0.2) is 24.3 Å². The lowest BCUT2D eigenvalue weighted by Gasteiger charge is -2.40. The van der Waals surface area contributed by atoms with Crippen LogP contribution in [-0.2, 0) is 59.1 Å². The van der Waals surface area contributed by atoms with Crippen molar-refractivity contribution in [3.05, 3.63) is 29.8 Å². The molecule has 1 aromatic rings. The lowest BCUT2D eigenvalue weighted by atomic mass is 9.95. The number of carbonyl (C=O) groups is 10. The van der Waals surface area contributed by atoms with Gasteiger partial charge in [-0.15, -0.1) is 0 Å². The number of carbonyl (C=O) groups excluding carboxylic acids is 10. The van der Waals surface area contributed by atoms with Crippen molar-refractivity contribution in [1.82, 2.24) is 50.2 Å². The number of hydrogen-bond donors (Lipinski definition) is 3. The highest BCUT2D eigenvalue weighted by atomic mass is 16.6. The van der Waals surface area contributed by atoms with Gasteiger partial charge in [-0.25, -0.2) is 0 Å². The molecule has 0 aromatic heterocycles. The first kappa shape index (κ1) is 72.8. The molecule has 0 unspecified atom stereocenters. The van der Waals surface area contributed by atoms with Crippen LogP contribution in [0.25, 0.3) is 0 Å². The van der Waals surface area contributed by atoms with Gasteiger partial charge in [-0.3, -0.25) is 52.8 Å². The molecule has 1 fully saturated rings. The van der Waals surface area contributed by atoms with Gasteiger partial charge in [0, 0.05) is 55.3 Å². The molecule has 9 amide bonds. The summed E-state index contributed by atoms with van der Waals surface area (Å²) in [6, 6.07) is -2.63. The summed E-state index contributed by atoms with van der Waals surface area (Å²) in [6.45, 7) is 23.2. The maximum atomic E-state index is 15.2. The van der Waals surface area contributed by atoms with Crippen molar-refractivity contribution in [3.8, 4) is 5.75 Å². The molecule has 0 radical (unpaired) electrons. The average molecular weight is 1170 g/mol. The van der Waals surface area contributed by atoms with Gasteiger partial charge in [0.25, 0.3) is 5.91 Å². The molecule has 1 saturated heterocycles.